The summed E-state index contributed by atoms with van der Waals surface area (Å²) in [4.78, 5) is -0.802. The molecule has 0 heterocycles. The van der Waals surface area contributed by atoms with Crippen molar-refractivity contribution in [3.63, 3.8) is 0 Å². The van der Waals surface area contributed by atoms with Gasteiger partial charge in [0.1, 0.15) is 0 Å². The van der Waals surface area contributed by atoms with Gasteiger partial charge in [0.2, 0.25) is 0 Å². The molecule has 0 aliphatic carbocycles. The molecule has 0 amide bonds. The van der Waals surface area contributed by atoms with Gasteiger partial charge in [0, 0.05) is 3.57 Å². The van der Waals surface area contributed by atoms with E-state index in [0.29, 0.717) is 0 Å². The molecule has 1 aromatic carbocycles. The van der Waals surface area contributed by atoms with Crippen molar-refractivity contribution < 1.29 is 21.6 Å². The van der Waals surface area contributed by atoms with Crippen LogP contribution in [-0.4, -0.2) is 13.9 Å². The Bertz CT molecular complexity index is 483. The van der Waals surface area contributed by atoms with Gasteiger partial charge in [0.25, 0.3) is 9.84 Å². The predicted molar refractivity (Wildman–Crippen MR) is 57.4 cm³/mol. The van der Waals surface area contributed by atoms with Gasteiger partial charge in [-0.1, -0.05) is 11.6 Å². The molecule has 1 rings (SSSR count). The first kappa shape index (κ1) is 13.0. The van der Waals surface area contributed by atoms with Crippen LogP contribution in [0.4, 0.5) is 13.2 Å². The van der Waals surface area contributed by atoms with Crippen molar-refractivity contribution in [3.8, 4) is 0 Å². The molecule has 0 radical (unpaired) electrons. The highest BCUT2D eigenvalue weighted by Crippen LogP contribution is 2.32. The molecule has 0 saturated heterocycles. The third-order valence-electron chi connectivity index (χ3n) is 1.51. The third-order valence-corrected chi connectivity index (χ3v) is 4.53. The maximum absolute atomic E-state index is 12.1. The summed E-state index contributed by atoms with van der Waals surface area (Å²) in [6.07, 6.45) is 0. The second-order valence-electron chi connectivity index (χ2n) is 2.53. The maximum Gasteiger partial charge on any atom is 0.501 e. The van der Waals surface area contributed by atoms with Crippen LogP contribution in [0.5, 0.6) is 0 Å². The SMILES string of the molecule is O=S(=O)(c1ccc(Cl)c(I)c1)C(F)(F)F. The Morgan fingerprint density at radius 1 is 1.27 bits per heavy atom. The maximum atomic E-state index is 12.1. The average molecular weight is 371 g/mol. The van der Waals surface area contributed by atoms with E-state index in [1.165, 1.54) is 0 Å². The van der Waals surface area contributed by atoms with Gasteiger partial charge in [0.15, 0.2) is 0 Å². The minimum atomic E-state index is -5.29. The van der Waals surface area contributed by atoms with E-state index in [0.717, 1.165) is 18.2 Å². The summed E-state index contributed by atoms with van der Waals surface area (Å²) in [5.41, 5.74) is -5.29. The van der Waals surface area contributed by atoms with Gasteiger partial charge in [-0.05, 0) is 40.8 Å². The first-order valence-corrected chi connectivity index (χ1v) is 6.36. The first-order chi connectivity index (χ1) is 6.66. The molecule has 0 fully saturated rings. The molecular formula is C7H3ClF3IO2S. The summed E-state index contributed by atoms with van der Waals surface area (Å²) in [7, 11) is -5.28. The van der Waals surface area contributed by atoms with Crippen LogP contribution in [0.25, 0.3) is 0 Å². The van der Waals surface area contributed by atoms with Crippen LogP contribution in [-0.2, 0) is 9.84 Å². The van der Waals surface area contributed by atoms with E-state index in [9.17, 15) is 21.6 Å². The zero-order valence-electron chi connectivity index (χ0n) is 6.85. The lowest BCUT2D eigenvalue weighted by Crippen LogP contribution is -2.23. The number of halogens is 5. The number of hydrogen-bond donors (Lipinski definition) is 0. The minimum absolute atomic E-state index is 0.205. The Labute approximate surface area is 102 Å². The van der Waals surface area contributed by atoms with Crippen LogP contribution in [0.3, 0.4) is 0 Å². The highest BCUT2D eigenvalue weighted by Gasteiger charge is 2.46. The summed E-state index contributed by atoms with van der Waals surface area (Å²) in [6.45, 7) is 0. The quantitative estimate of drug-likeness (QED) is 0.711. The molecule has 0 aliphatic heterocycles. The van der Waals surface area contributed by atoms with Crippen molar-refractivity contribution in [1.29, 1.82) is 0 Å². The molecule has 15 heavy (non-hydrogen) atoms. The van der Waals surface area contributed by atoms with Crippen LogP contribution in [0, 0.1) is 3.57 Å². The Morgan fingerprint density at radius 2 is 1.80 bits per heavy atom. The van der Waals surface area contributed by atoms with Crippen LogP contribution in [0.15, 0.2) is 23.1 Å². The van der Waals surface area contributed by atoms with Gasteiger partial charge in [-0.25, -0.2) is 8.42 Å². The fourth-order valence-corrected chi connectivity index (χ4v) is 2.41. The topological polar surface area (TPSA) is 34.1 Å². The molecule has 0 saturated carbocycles. The third kappa shape index (κ3) is 2.56. The summed E-state index contributed by atoms with van der Waals surface area (Å²) < 4.78 is 58.5. The van der Waals surface area contributed by atoms with Gasteiger partial charge in [-0.3, -0.25) is 0 Å². The van der Waals surface area contributed by atoms with Crippen molar-refractivity contribution in [2.45, 2.75) is 10.4 Å². The summed E-state index contributed by atoms with van der Waals surface area (Å²) in [6, 6.07) is 2.82. The smallest absolute Gasteiger partial charge is 0.214 e. The molecule has 0 spiro atoms. The summed E-state index contributed by atoms with van der Waals surface area (Å²) in [5, 5.41) is 0.205. The van der Waals surface area contributed by atoms with E-state index in [-0.39, 0.29) is 8.59 Å². The predicted octanol–water partition coefficient (Wildman–Crippen LogP) is 3.24. The molecule has 0 atom stereocenters. The monoisotopic (exact) mass is 370 g/mol. The van der Waals surface area contributed by atoms with Gasteiger partial charge in [0.05, 0.1) is 9.92 Å². The lowest BCUT2D eigenvalue weighted by molar-refractivity contribution is -0.0436. The van der Waals surface area contributed by atoms with Gasteiger partial charge in [-0.15, -0.1) is 0 Å². The molecule has 0 unspecified atom stereocenters. The van der Waals surface area contributed by atoms with E-state index in [1.807, 2.05) is 0 Å². The molecule has 0 N–H and O–H groups in total. The average Bonchev–Trinajstić information content (AvgIpc) is 2.07. The highest BCUT2D eigenvalue weighted by atomic mass is 127. The molecule has 1 aromatic rings. The number of alkyl halides is 3. The molecule has 0 aromatic heterocycles. The van der Waals surface area contributed by atoms with Crippen molar-refractivity contribution in [1.82, 2.24) is 0 Å². The zero-order chi connectivity index (χ0) is 11.9. The fourth-order valence-electron chi connectivity index (χ4n) is 0.778. The van der Waals surface area contributed by atoms with Crippen molar-refractivity contribution in [2.75, 3.05) is 0 Å². The summed E-state index contributed by atoms with van der Waals surface area (Å²) >= 11 is 7.22. The molecule has 0 bridgehead atoms. The standard InChI is InChI=1S/C7H3ClF3IO2S/c8-5-2-1-4(3-6(5)12)15(13,14)7(9,10)11/h1-3H. The zero-order valence-corrected chi connectivity index (χ0v) is 10.6. The Balaban J connectivity index is 3.36. The Hall–Kier alpha value is -0.0200. The largest absolute Gasteiger partial charge is 0.501 e. The molecule has 0 aliphatic rings. The van der Waals surface area contributed by atoms with Crippen LogP contribution < -0.4 is 0 Å². The fraction of sp³-hybridized carbons (Fsp3) is 0.143. The lowest BCUT2D eigenvalue weighted by atomic mass is 10.4. The van der Waals surface area contributed by atoms with Crippen molar-refractivity contribution >= 4 is 44.0 Å². The van der Waals surface area contributed by atoms with Gasteiger partial charge in [-0.2, -0.15) is 13.2 Å². The molecule has 8 heteroatoms. The highest BCUT2D eigenvalue weighted by molar-refractivity contribution is 14.1. The number of benzene rings is 1. The molecule has 84 valence electrons. The minimum Gasteiger partial charge on any atom is -0.214 e. The van der Waals surface area contributed by atoms with E-state index in [4.69, 9.17) is 11.6 Å². The van der Waals surface area contributed by atoms with Crippen LogP contribution >= 0.6 is 34.2 Å². The second kappa shape index (κ2) is 4.10. The van der Waals surface area contributed by atoms with E-state index < -0.39 is 20.2 Å². The van der Waals surface area contributed by atoms with Crippen LogP contribution in [0.1, 0.15) is 0 Å². The molecular weight excluding hydrogens is 367 g/mol. The van der Waals surface area contributed by atoms with E-state index in [1.54, 1.807) is 22.6 Å². The number of hydrogen-bond acceptors (Lipinski definition) is 2. The van der Waals surface area contributed by atoms with Gasteiger partial charge < -0.3 is 0 Å². The Kier molecular flexibility index (Phi) is 3.56. The van der Waals surface area contributed by atoms with E-state index >= 15 is 0 Å². The lowest BCUT2D eigenvalue weighted by Gasteiger charge is -2.08. The Morgan fingerprint density at radius 3 is 2.20 bits per heavy atom. The van der Waals surface area contributed by atoms with Gasteiger partial charge >= 0.3 is 5.51 Å². The number of sulfone groups is 1. The summed E-state index contributed by atoms with van der Waals surface area (Å²) in [5.74, 6) is 0. The normalized spacial score (nSPS) is 12.9. The second-order valence-corrected chi connectivity index (χ2v) is 6.04. The van der Waals surface area contributed by atoms with Crippen LogP contribution in [0.2, 0.25) is 5.02 Å². The van der Waals surface area contributed by atoms with Crippen molar-refractivity contribution in [3.05, 3.63) is 26.8 Å². The first-order valence-electron chi connectivity index (χ1n) is 3.42. The molecule has 2 nitrogen and oxygen atoms in total. The number of rotatable bonds is 1. The van der Waals surface area contributed by atoms with E-state index in [2.05, 4.69) is 0 Å². The van der Waals surface area contributed by atoms with Crippen molar-refractivity contribution in [2.24, 2.45) is 0 Å².